The molecule has 3 rings (SSSR count). The zero-order chi connectivity index (χ0) is 17.8. The van der Waals surface area contributed by atoms with E-state index in [2.05, 4.69) is 15.5 Å². The maximum absolute atomic E-state index is 12.1. The van der Waals surface area contributed by atoms with E-state index in [9.17, 15) is 9.90 Å². The maximum Gasteiger partial charge on any atom is 0.239 e. The van der Waals surface area contributed by atoms with E-state index in [0.29, 0.717) is 27.2 Å². The molecule has 2 aromatic carbocycles. The second-order valence-corrected chi connectivity index (χ2v) is 7.20. The van der Waals surface area contributed by atoms with Crippen LogP contribution in [0.2, 0.25) is 10.0 Å². The van der Waals surface area contributed by atoms with Crippen molar-refractivity contribution >= 4 is 52.3 Å². The second kappa shape index (κ2) is 7.91. The highest BCUT2D eigenvalue weighted by Crippen LogP contribution is 2.30. The fourth-order valence-electron chi connectivity index (χ4n) is 2.23. The van der Waals surface area contributed by atoms with Gasteiger partial charge in [0.05, 0.1) is 21.5 Å². The molecule has 0 aromatic heterocycles. The monoisotopic (exact) mass is 393 g/mol. The predicted molar refractivity (Wildman–Crippen MR) is 103 cm³/mol. The van der Waals surface area contributed by atoms with Gasteiger partial charge in [-0.15, -0.1) is 5.10 Å². The predicted octanol–water partition coefficient (Wildman–Crippen LogP) is 3.86. The molecule has 1 saturated heterocycles. The van der Waals surface area contributed by atoms with Crippen LogP contribution in [0.5, 0.6) is 5.75 Å². The summed E-state index contributed by atoms with van der Waals surface area (Å²) < 4.78 is 0. The number of hydrogen-bond donors (Lipinski definition) is 2. The average molecular weight is 394 g/mol. The topological polar surface area (TPSA) is 74.0 Å². The van der Waals surface area contributed by atoms with E-state index in [1.165, 1.54) is 18.0 Å². The summed E-state index contributed by atoms with van der Waals surface area (Å²) in [4.78, 5) is 12.1. The number of rotatable bonds is 4. The second-order valence-electron chi connectivity index (χ2n) is 5.22. The Hall–Kier alpha value is -2.02. The minimum Gasteiger partial charge on any atom is -0.507 e. The van der Waals surface area contributed by atoms with Crippen molar-refractivity contribution in [3.63, 3.8) is 0 Å². The molecule has 1 atom stereocenters. The Kier molecular flexibility index (Phi) is 5.63. The van der Waals surface area contributed by atoms with Gasteiger partial charge in [0.2, 0.25) is 5.91 Å². The standard InChI is InChI=1S/C17H13Cl2N3O2S/c18-12-6-3-5-10(15(12)19)8-14-16(24)21-17(25-14)22-20-9-11-4-1-2-7-13(11)23/h1-7,9,14,23H,8H2,(H,21,22,24)/b20-9+/t14-/m1/s1. The Bertz CT molecular complexity index is 871. The summed E-state index contributed by atoms with van der Waals surface area (Å²) in [5, 5.41) is 21.2. The van der Waals surface area contributed by atoms with E-state index in [1.807, 2.05) is 6.07 Å². The molecule has 128 valence electrons. The van der Waals surface area contributed by atoms with Crippen LogP contribution in [-0.4, -0.2) is 27.6 Å². The molecule has 2 N–H and O–H groups in total. The molecule has 0 radical (unpaired) electrons. The Balaban J connectivity index is 1.68. The van der Waals surface area contributed by atoms with Gasteiger partial charge in [-0.05, 0) is 30.2 Å². The van der Waals surface area contributed by atoms with E-state index in [-0.39, 0.29) is 16.9 Å². The van der Waals surface area contributed by atoms with Crippen LogP contribution in [0.3, 0.4) is 0 Å². The normalized spacial score (nSPS) is 18.9. The van der Waals surface area contributed by atoms with Crippen LogP contribution in [0.15, 0.2) is 52.7 Å². The molecule has 1 aliphatic heterocycles. The first-order chi connectivity index (χ1) is 12.0. The van der Waals surface area contributed by atoms with Crippen LogP contribution in [-0.2, 0) is 11.2 Å². The molecule has 0 unspecified atom stereocenters. The number of hydrogen-bond acceptors (Lipinski definition) is 5. The quantitative estimate of drug-likeness (QED) is 0.611. The van der Waals surface area contributed by atoms with Gasteiger partial charge in [0.1, 0.15) is 5.75 Å². The molecular weight excluding hydrogens is 381 g/mol. The first-order valence-corrected chi connectivity index (χ1v) is 8.97. The van der Waals surface area contributed by atoms with E-state index >= 15 is 0 Å². The zero-order valence-electron chi connectivity index (χ0n) is 12.8. The summed E-state index contributed by atoms with van der Waals surface area (Å²) in [6.45, 7) is 0. The molecule has 1 fully saturated rings. The SMILES string of the molecule is O=C1N/C(=N\N=C\c2ccccc2O)S[C@@H]1Cc1cccc(Cl)c1Cl. The third-order valence-corrected chi connectivity index (χ3v) is 5.43. The summed E-state index contributed by atoms with van der Waals surface area (Å²) in [6, 6.07) is 12.1. The van der Waals surface area contributed by atoms with Gasteiger partial charge in [0, 0.05) is 5.56 Å². The Morgan fingerprint density at radius 3 is 2.80 bits per heavy atom. The first kappa shape index (κ1) is 17.8. The number of para-hydroxylation sites is 1. The van der Waals surface area contributed by atoms with Gasteiger partial charge in [-0.2, -0.15) is 5.10 Å². The highest BCUT2D eigenvalue weighted by atomic mass is 35.5. The zero-order valence-corrected chi connectivity index (χ0v) is 15.1. The average Bonchev–Trinajstić information content (AvgIpc) is 2.93. The number of halogens is 2. The van der Waals surface area contributed by atoms with Crippen molar-refractivity contribution in [2.45, 2.75) is 11.7 Å². The van der Waals surface area contributed by atoms with E-state index in [0.717, 1.165) is 5.56 Å². The summed E-state index contributed by atoms with van der Waals surface area (Å²) in [6.07, 6.45) is 1.87. The molecule has 0 saturated carbocycles. The van der Waals surface area contributed by atoms with Crippen LogP contribution in [0.1, 0.15) is 11.1 Å². The third kappa shape index (κ3) is 4.34. The fourth-order valence-corrected chi connectivity index (χ4v) is 3.58. The highest BCUT2D eigenvalue weighted by molar-refractivity contribution is 8.15. The van der Waals surface area contributed by atoms with Crippen molar-refractivity contribution in [3.8, 4) is 5.75 Å². The Labute approximate surface area is 158 Å². The van der Waals surface area contributed by atoms with Crippen LogP contribution in [0.25, 0.3) is 0 Å². The third-order valence-electron chi connectivity index (χ3n) is 3.50. The molecule has 8 heteroatoms. The lowest BCUT2D eigenvalue weighted by Gasteiger charge is -2.08. The number of phenols is 1. The number of aromatic hydroxyl groups is 1. The van der Waals surface area contributed by atoms with Crippen LogP contribution in [0, 0.1) is 0 Å². The van der Waals surface area contributed by atoms with Gasteiger partial charge in [0.15, 0.2) is 5.17 Å². The molecule has 1 aliphatic rings. The van der Waals surface area contributed by atoms with Crippen molar-refractivity contribution in [1.29, 1.82) is 0 Å². The van der Waals surface area contributed by atoms with Gasteiger partial charge in [-0.1, -0.05) is 59.2 Å². The van der Waals surface area contributed by atoms with Gasteiger partial charge >= 0.3 is 0 Å². The smallest absolute Gasteiger partial charge is 0.239 e. The van der Waals surface area contributed by atoms with Crippen LogP contribution < -0.4 is 5.32 Å². The maximum atomic E-state index is 12.1. The first-order valence-electron chi connectivity index (χ1n) is 7.34. The number of amides is 1. The van der Waals surface area contributed by atoms with Gasteiger partial charge in [-0.25, -0.2) is 0 Å². The lowest BCUT2D eigenvalue weighted by atomic mass is 10.1. The van der Waals surface area contributed by atoms with Crippen molar-refractivity contribution < 1.29 is 9.90 Å². The Morgan fingerprint density at radius 1 is 1.20 bits per heavy atom. The number of phenolic OH excluding ortho intramolecular Hbond substituents is 1. The Morgan fingerprint density at radius 2 is 2.00 bits per heavy atom. The van der Waals surface area contributed by atoms with Crippen molar-refractivity contribution in [2.24, 2.45) is 10.2 Å². The molecule has 1 amide bonds. The number of carbonyl (C=O) groups excluding carboxylic acids is 1. The molecule has 5 nitrogen and oxygen atoms in total. The molecular formula is C17H13Cl2N3O2S. The number of nitrogens with one attached hydrogen (secondary N) is 1. The minimum absolute atomic E-state index is 0.114. The van der Waals surface area contributed by atoms with Crippen molar-refractivity contribution in [2.75, 3.05) is 0 Å². The van der Waals surface area contributed by atoms with E-state index in [1.54, 1.807) is 36.4 Å². The number of nitrogens with zero attached hydrogens (tertiary/aromatic N) is 2. The molecule has 2 aromatic rings. The van der Waals surface area contributed by atoms with E-state index in [4.69, 9.17) is 23.2 Å². The van der Waals surface area contributed by atoms with Crippen molar-refractivity contribution in [3.05, 3.63) is 63.6 Å². The summed E-state index contributed by atoms with van der Waals surface area (Å²) in [7, 11) is 0. The summed E-state index contributed by atoms with van der Waals surface area (Å²) in [5.74, 6) is -0.0411. The lowest BCUT2D eigenvalue weighted by molar-refractivity contribution is -0.118. The number of benzene rings is 2. The number of amidine groups is 1. The van der Waals surface area contributed by atoms with Gasteiger partial charge < -0.3 is 10.4 Å². The molecule has 0 bridgehead atoms. The lowest BCUT2D eigenvalue weighted by Crippen LogP contribution is -2.26. The largest absolute Gasteiger partial charge is 0.507 e. The summed E-state index contributed by atoms with van der Waals surface area (Å²) >= 11 is 13.5. The fraction of sp³-hybridized carbons (Fsp3) is 0.118. The number of carbonyl (C=O) groups is 1. The molecule has 0 spiro atoms. The summed E-state index contributed by atoms with van der Waals surface area (Å²) in [5.41, 5.74) is 1.35. The van der Waals surface area contributed by atoms with Gasteiger partial charge in [-0.3, -0.25) is 4.79 Å². The molecule has 1 heterocycles. The van der Waals surface area contributed by atoms with E-state index < -0.39 is 0 Å². The molecule has 0 aliphatic carbocycles. The van der Waals surface area contributed by atoms with Crippen molar-refractivity contribution in [1.82, 2.24) is 5.32 Å². The van der Waals surface area contributed by atoms with Gasteiger partial charge in [0.25, 0.3) is 0 Å². The minimum atomic E-state index is -0.352. The number of thioether (sulfide) groups is 1. The highest BCUT2D eigenvalue weighted by Gasteiger charge is 2.31. The molecule has 25 heavy (non-hydrogen) atoms. The van der Waals surface area contributed by atoms with Crippen LogP contribution in [0.4, 0.5) is 0 Å². The van der Waals surface area contributed by atoms with Crippen LogP contribution >= 0.6 is 35.0 Å².